The highest BCUT2D eigenvalue weighted by molar-refractivity contribution is 5.46. The van der Waals surface area contributed by atoms with Gasteiger partial charge in [0.05, 0.1) is 12.5 Å². The van der Waals surface area contributed by atoms with Crippen LogP contribution in [0.2, 0.25) is 0 Å². The average molecular weight is 247 g/mol. The number of nitrogens with one attached hydrogen (secondary N) is 1. The Kier molecular flexibility index (Phi) is 3.10. The van der Waals surface area contributed by atoms with Crippen LogP contribution in [0.4, 0.5) is 0 Å². The SMILES string of the molecule is Cn1cncc1-c1noc(CC2CCNCC2)n1. The molecule has 1 fully saturated rings. The van der Waals surface area contributed by atoms with E-state index in [9.17, 15) is 0 Å². The summed E-state index contributed by atoms with van der Waals surface area (Å²) >= 11 is 0. The number of hydrogen-bond donors (Lipinski definition) is 1. The summed E-state index contributed by atoms with van der Waals surface area (Å²) in [6.45, 7) is 2.18. The Morgan fingerprint density at radius 3 is 3.00 bits per heavy atom. The van der Waals surface area contributed by atoms with E-state index in [4.69, 9.17) is 4.52 Å². The summed E-state index contributed by atoms with van der Waals surface area (Å²) in [7, 11) is 1.92. The lowest BCUT2D eigenvalue weighted by molar-refractivity contribution is 0.313. The molecule has 0 unspecified atom stereocenters. The quantitative estimate of drug-likeness (QED) is 0.876. The Labute approximate surface area is 105 Å². The predicted octanol–water partition coefficient (Wildman–Crippen LogP) is 1.01. The van der Waals surface area contributed by atoms with Crippen molar-refractivity contribution in [1.29, 1.82) is 0 Å². The molecule has 0 spiro atoms. The molecule has 0 bridgehead atoms. The minimum absolute atomic E-state index is 0.624. The molecule has 0 aliphatic carbocycles. The molecule has 1 aliphatic heterocycles. The molecule has 0 amide bonds. The summed E-state index contributed by atoms with van der Waals surface area (Å²) in [5.74, 6) is 2.02. The molecule has 0 saturated carbocycles. The number of aryl methyl sites for hydroxylation is 1. The number of rotatable bonds is 3. The maximum atomic E-state index is 5.32. The first kappa shape index (κ1) is 11.4. The summed E-state index contributed by atoms with van der Waals surface area (Å²) in [5.41, 5.74) is 0.885. The Balaban J connectivity index is 1.71. The van der Waals surface area contributed by atoms with Crippen LogP contribution in [0.15, 0.2) is 17.0 Å². The maximum absolute atomic E-state index is 5.32. The predicted molar refractivity (Wildman–Crippen MR) is 65.8 cm³/mol. The van der Waals surface area contributed by atoms with Crippen molar-refractivity contribution in [3.05, 3.63) is 18.4 Å². The van der Waals surface area contributed by atoms with Gasteiger partial charge in [0.15, 0.2) is 0 Å². The first-order chi connectivity index (χ1) is 8.83. The Morgan fingerprint density at radius 1 is 1.44 bits per heavy atom. The van der Waals surface area contributed by atoms with Gasteiger partial charge in [-0.3, -0.25) is 0 Å². The first-order valence-corrected chi connectivity index (χ1v) is 6.33. The lowest BCUT2D eigenvalue weighted by atomic mass is 9.95. The van der Waals surface area contributed by atoms with Crippen molar-refractivity contribution in [3.63, 3.8) is 0 Å². The third-order valence-electron chi connectivity index (χ3n) is 3.44. The fraction of sp³-hybridized carbons (Fsp3) is 0.583. The topological polar surface area (TPSA) is 68.8 Å². The molecule has 1 aliphatic rings. The van der Waals surface area contributed by atoms with Crippen LogP contribution in [-0.2, 0) is 13.5 Å². The Morgan fingerprint density at radius 2 is 2.28 bits per heavy atom. The van der Waals surface area contributed by atoms with Crippen molar-refractivity contribution in [1.82, 2.24) is 25.0 Å². The number of imidazole rings is 1. The van der Waals surface area contributed by atoms with E-state index in [2.05, 4.69) is 20.4 Å². The molecule has 1 N–H and O–H groups in total. The van der Waals surface area contributed by atoms with Crippen LogP contribution in [0.3, 0.4) is 0 Å². The Bertz CT molecular complexity index is 512. The molecule has 0 atom stereocenters. The van der Waals surface area contributed by atoms with Crippen LogP contribution in [-0.4, -0.2) is 32.8 Å². The van der Waals surface area contributed by atoms with Crippen molar-refractivity contribution in [2.24, 2.45) is 13.0 Å². The van der Waals surface area contributed by atoms with Gasteiger partial charge in [0.25, 0.3) is 0 Å². The fourth-order valence-corrected chi connectivity index (χ4v) is 2.35. The van der Waals surface area contributed by atoms with E-state index in [0.29, 0.717) is 11.7 Å². The van der Waals surface area contributed by atoms with Gasteiger partial charge >= 0.3 is 0 Å². The summed E-state index contributed by atoms with van der Waals surface area (Å²) < 4.78 is 7.21. The van der Waals surface area contributed by atoms with Crippen LogP contribution in [0, 0.1) is 5.92 Å². The zero-order valence-corrected chi connectivity index (χ0v) is 10.5. The molecular weight excluding hydrogens is 230 g/mol. The average Bonchev–Trinajstić information content (AvgIpc) is 2.99. The smallest absolute Gasteiger partial charge is 0.227 e. The number of nitrogens with zero attached hydrogens (tertiary/aromatic N) is 4. The number of piperidine rings is 1. The van der Waals surface area contributed by atoms with Crippen LogP contribution in [0.1, 0.15) is 18.7 Å². The molecule has 0 radical (unpaired) electrons. The summed E-state index contributed by atoms with van der Waals surface area (Å²) in [4.78, 5) is 8.50. The molecule has 6 heteroatoms. The summed E-state index contributed by atoms with van der Waals surface area (Å²) in [5, 5.41) is 7.38. The number of hydrogen-bond acceptors (Lipinski definition) is 5. The van der Waals surface area contributed by atoms with E-state index in [0.717, 1.165) is 31.1 Å². The van der Waals surface area contributed by atoms with Gasteiger partial charge in [-0.15, -0.1) is 0 Å². The highest BCUT2D eigenvalue weighted by Gasteiger charge is 2.18. The third kappa shape index (κ3) is 2.28. The molecule has 3 heterocycles. The molecule has 18 heavy (non-hydrogen) atoms. The highest BCUT2D eigenvalue weighted by Crippen LogP contribution is 2.19. The van der Waals surface area contributed by atoms with E-state index in [1.54, 1.807) is 12.5 Å². The first-order valence-electron chi connectivity index (χ1n) is 6.33. The Hall–Kier alpha value is -1.69. The monoisotopic (exact) mass is 247 g/mol. The molecule has 0 aromatic carbocycles. The van der Waals surface area contributed by atoms with E-state index >= 15 is 0 Å². The second kappa shape index (κ2) is 4.89. The molecule has 2 aromatic heterocycles. The summed E-state index contributed by atoms with van der Waals surface area (Å²) in [6.07, 6.45) is 6.73. The van der Waals surface area contributed by atoms with Gasteiger partial charge in [0, 0.05) is 13.5 Å². The minimum Gasteiger partial charge on any atom is -0.339 e. The van der Waals surface area contributed by atoms with Crippen LogP contribution in [0.25, 0.3) is 11.5 Å². The van der Waals surface area contributed by atoms with Crippen LogP contribution >= 0.6 is 0 Å². The largest absolute Gasteiger partial charge is 0.339 e. The van der Waals surface area contributed by atoms with Crippen molar-refractivity contribution in [2.75, 3.05) is 13.1 Å². The van der Waals surface area contributed by atoms with E-state index in [1.165, 1.54) is 12.8 Å². The lowest BCUT2D eigenvalue weighted by Gasteiger charge is -2.20. The molecule has 1 saturated heterocycles. The van der Waals surface area contributed by atoms with Crippen molar-refractivity contribution in [2.45, 2.75) is 19.3 Å². The molecule has 3 rings (SSSR count). The van der Waals surface area contributed by atoms with Crippen molar-refractivity contribution in [3.8, 4) is 11.5 Å². The molecule has 96 valence electrons. The van der Waals surface area contributed by atoms with E-state index in [1.807, 2.05) is 11.6 Å². The lowest BCUT2D eigenvalue weighted by Crippen LogP contribution is -2.28. The highest BCUT2D eigenvalue weighted by atomic mass is 16.5. The fourth-order valence-electron chi connectivity index (χ4n) is 2.35. The second-order valence-electron chi connectivity index (χ2n) is 4.80. The van der Waals surface area contributed by atoms with Gasteiger partial charge in [-0.25, -0.2) is 4.98 Å². The van der Waals surface area contributed by atoms with Crippen LogP contribution in [0.5, 0.6) is 0 Å². The number of aromatic nitrogens is 4. The molecule has 2 aromatic rings. The minimum atomic E-state index is 0.624. The van der Waals surface area contributed by atoms with Gasteiger partial charge < -0.3 is 14.4 Å². The van der Waals surface area contributed by atoms with Crippen LogP contribution < -0.4 is 5.32 Å². The van der Waals surface area contributed by atoms with Gasteiger partial charge in [-0.05, 0) is 31.8 Å². The molecular formula is C12H17N5O. The normalized spacial score (nSPS) is 17.2. The third-order valence-corrected chi connectivity index (χ3v) is 3.44. The maximum Gasteiger partial charge on any atom is 0.227 e. The zero-order chi connectivity index (χ0) is 12.4. The van der Waals surface area contributed by atoms with E-state index < -0.39 is 0 Å². The van der Waals surface area contributed by atoms with Gasteiger partial charge in [-0.1, -0.05) is 5.16 Å². The standard InChI is InChI=1S/C12H17N5O/c1-17-8-14-7-10(17)12-15-11(18-16-12)6-9-2-4-13-5-3-9/h7-9,13H,2-6H2,1H3. The molecule has 6 nitrogen and oxygen atoms in total. The van der Waals surface area contributed by atoms with Crippen molar-refractivity contribution < 1.29 is 4.52 Å². The summed E-state index contributed by atoms with van der Waals surface area (Å²) in [6, 6.07) is 0. The van der Waals surface area contributed by atoms with Gasteiger partial charge in [0.1, 0.15) is 5.69 Å². The second-order valence-corrected chi connectivity index (χ2v) is 4.80. The van der Waals surface area contributed by atoms with E-state index in [-0.39, 0.29) is 0 Å². The van der Waals surface area contributed by atoms with Crippen molar-refractivity contribution >= 4 is 0 Å². The van der Waals surface area contributed by atoms with Gasteiger partial charge in [0.2, 0.25) is 11.7 Å². The zero-order valence-electron chi connectivity index (χ0n) is 10.5. The van der Waals surface area contributed by atoms with Gasteiger partial charge in [-0.2, -0.15) is 4.98 Å².